The summed E-state index contributed by atoms with van der Waals surface area (Å²) in [6, 6.07) is 14.9. The summed E-state index contributed by atoms with van der Waals surface area (Å²) >= 11 is 0. The molecule has 2 aromatic rings. The molecule has 0 aliphatic carbocycles. The SMILES string of the molecule is CC(C)(C)OC(=O)NC[C@H]1Nc2ncccc2NC1=O.c1ccccc1. The van der Waals surface area contributed by atoms with Crippen LogP contribution in [-0.4, -0.2) is 35.2 Å². The molecule has 7 nitrogen and oxygen atoms in total. The second kappa shape index (κ2) is 8.84. The highest BCUT2D eigenvalue weighted by Crippen LogP contribution is 2.22. The number of aromatic nitrogens is 1. The van der Waals surface area contributed by atoms with Gasteiger partial charge in [0.1, 0.15) is 17.5 Å². The molecule has 1 atom stereocenters. The van der Waals surface area contributed by atoms with Crippen molar-refractivity contribution in [3.63, 3.8) is 0 Å². The Morgan fingerprint density at radius 1 is 1.15 bits per heavy atom. The predicted octanol–water partition coefficient (Wildman–Crippen LogP) is 3.03. The number of carbonyl (C=O) groups is 2. The summed E-state index contributed by atoms with van der Waals surface area (Å²) in [6.45, 7) is 5.45. The van der Waals surface area contributed by atoms with Crippen LogP contribution in [0.5, 0.6) is 0 Å². The van der Waals surface area contributed by atoms with Gasteiger partial charge in [-0.1, -0.05) is 36.4 Å². The van der Waals surface area contributed by atoms with Gasteiger partial charge in [0.05, 0.1) is 12.2 Å². The van der Waals surface area contributed by atoms with Crippen LogP contribution in [0.25, 0.3) is 0 Å². The summed E-state index contributed by atoms with van der Waals surface area (Å²) in [4.78, 5) is 27.5. The van der Waals surface area contributed by atoms with E-state index in [0.717, 1.165) is 0 Å². The molecule has 1 aromatic heterocycles. The molecule has 2 heterocycles. The van der Waals surface area contributed by atoms with E-state index in [2.05, 4.69) is 20.9 Å². The van der Waals surface area contributed by atoms with Gasteiger partial charge in [-0.3, -0.25) is 4.79 Å². The summed E-state index contributed by atoms with van der Waals surface area (Å²) in [6.07, 6.45) is 1.07. The van der Waals surface area contributed by atoms with Crippen molar-refractivity contribution in [3.05, 3.63) is 54.7 Å². The molecule has 0 saturated carbocycles. The van der Waals surface area contributed by atoms with Crippen LogP contribution >= 0.6 is 0 Å². The minimum Gasteiger partial charge on any atom is -0.444 e. The molecular weight excluding hydrogens is 332 g/mol. The average Bonchev–Trinajstić information content (AvgIpc) is 2.60. The van der Waals surface area contributed by atoms with Gasteiger partial charge in [0, 0.05) is 6.20 Å². The summed E-state index contributed by atoms with van der Waals surface area (Å²) in [5, 5.41) is 8.26. The molecule has 0 radical (unpaired) electrons. The number of carbonyl (C=O) groups excluding carboxylic acids is 2. The highest BCUT2D eigenvalue weighted by atomic mass is 16.6. The molecule has 2 amide bonds. The third-order valence-electron chi connectivity index (χ3n) is 3.21. The maximum atomic E-state index is 11.9. The number of ether oxygens (including phenoxy) is 1. The zero-order valence-corrected chi connectivity index (χ0v) is 15.2. The molecule has 3 N–H and O–H groups in total. The van der Waals surface area contributed by atoms with E-state index in [0.29, 0.717) is 11.5 Å². The Kier molecular flexibility index (Phi) is 6.54. The fourth-order valence-electron chi connectivity index (χ4n) is 2.10. The number of nitrogens with zero attached hydrogens (tertiary/aromatic N) is 1. The maximum Gasteiger partial charge on any atom is 0.407 e. The molecule has 7 heteroatoms. The van der Waals surface area contributed by atoms with Gasteiger partial charge < -0.3 is 20.7 Å². The van der Waals surface area contributed by atoms with Crippen LogP contribution in [0.4, 0.5) is 16.3 Å². The third-order valence-corrected chi connectivity index (χ3v) is 3.21. The molecule has 3 rings (SSSR count). The van der Waals surface area contributed by atoms with E-state index in [-0.39, 0.29) is 12.5 Å². The average molecular weight is 356 g/mol. The molecule has 1 aliphatic heterocycles. The highest BCUT2D eigenvalue weighted by molar-refractivity contribution is 6.02. The van der Waals surface area contributed by atoms with E-state index in [1.54, 1.807) is 39.1 Å². The van der Waals surface area contributed by atoms with Gasteiger partial charge >= 0.3 is 6.09 Å². The van der Waals surface area contributed by atoms with E-state index in [1.165, 1.54) is 0 Å². The minimum atomic E-state index is -0.579. The lowest BCUT2D eigenvalue weighted by atomic mass is 10.2. The van der Waals surface area contributed by atoms with Crippen molar-refractivity contribution in [2.24, 2.45) is 0 Å². The highest BCUT2D eigenvalue weighted by Gasteiger charge is 2.27. The van der Waals surface area contributed by atoms with Crippen LogP contribution in [0.2, 0.25) is 0 Å². The number of pyridine rings is 1. The number of benzene rings is 1. The number of amides is 2. The lowest BCUT2D eigenvalue weighted by molar-refractivity contribution is -0.117. The van der Waals surface area contributed by atoms with Crippen molar-refractivity contribution in [1.29, 1.82) is 0 Å². The molecule has 138 valence electrons. The molecule has 0 unspecified atom stereocenters. The van der Waals surface area contributed by atoms with Crippen molar-refractivity contribution in [3.8, 4) is 0 Å². The lowest BCUT2D eigenvalue weighted by Crippen LogP contribution is -2.47. The second-order valence-corrected chi connectivity index (χ2v) is 6.62. The summed E-state index contributed by atoms with van der Waals surface area (Å²) in [5.41, 5.74) is 0.0616. The first-order valence-corrected chi connectivity index (χ1v) is 8.34. The van der Waals surface area contributed by atoms with Crippen molar-refractivity contribution in [2.45, 2.75) is 32.4 Å². The molecule has 0 fully saturated rings. The largest absolute Gasteiger partial charge is 0.444 e. The molecule has 26 heavy (non-hydrogen) atoms. The van der Waals surface area contributed by atoms with Crippen LogP contribution in [0.1, 0.15) is 20.8 Å². The van der Waals surface area contributed by atoms with Gasteiger partial charge in [0.15, 0.2) is 0 Å². The van der Waals surface area contributed by atoms with Gasteiger partial charge in [-0.05, 0) is 32.9 Å². The quantitative estimate of drug-likeness (QED) is 0.769. The van der Waals surface area contributed by atoms with E-state index in [9.17, 15) is 9.59 Å². The van der Waals surface area contributed by atoms with Gasteiger partial charge in [-0.2, -0.15) is 0 Å². The standard InChI is InChI=1S/C13H18N4O3.C6H6/c1-13(2,3)20-12(19)15-7-9-11(18)17-8-5-4-6-14-10(8)16-9;1-2-4-6-5-3-1/h4-6,9H,7H2,1-3H3,(H,14,16)(H,15,19)(H,17,18);1-6H/t9-;/m1./s1. The van der Waals surface area contributed by atoms with Crippen LogP contribution in [-0.2, 0) is 9.53 Å². The van der Waals surface area contributed by atoms with Crippen molar-refractivity contribution in [1.82, 2.24) is 10.3 Å². The zero-order chi connectivity index (χ0) is 19.0. The normalized spacial score (nSPS) is 15.3. The smallest absolute Gasteiger partial charge is 0.407 e. The zero-order valence-electron chi connectivity index (χ0n) is 15.2. The first kappa shape index (κ1) is 19.2. The fraction of sp³-hybridized carbons (Fsp3) is 0.316. The number of alkyl carbamates (subject to hydrolysis) is 1. The van der Waals surface area contributed by atoms with E-state index in [4.69, 9.17) is 4.74 Å². The monoisotopic (exact) mass is 356 g/mol. The third kappa shape index (κ3) is 6.43. The van der Waals surface area contributed by atoms with Gasteiger partial charge in [0.2, 0.25) is 5.91 Å². The summed E-state index contributed by atoms with van der Waals surface area (Å²) in [7, 11) is 0. The molecule has 1 aliphatic rings. The first-order chi connectivity index (χ1) is 12.3. The molecular formula is C19H24N4O3. The molecule has 0 saturated heterocycles. The minimum absolute atomic E-state index is 0.122. The maximum absolute atomic E-state index is 11.9. The van der Waals surface area contributed by atoms with E-state index >= 15 is 0 Å². The van der Waals surface area contributed by atoms with Crippen LogP contribution in [0.3, 0.4) is 0 Å². The van der Waals surface area contributed by atoms with Crippen molar-refractivity contribution in [2.75, 3.05) is 17.2 Å². The first-order valence-electron chi connectivity index (χ1n) is 8.34. The number of rotatable bonds is 2. The number of fused-ring (bicyclic) bond motifs is 1. The lowest BCUT2D eigenvalue weighted by Gasteiger charge is -2.26. The Bertz CT molecular complexity index is 702. The van der Waals surface area contributed by atoms with Crippen molar-refractivity contribution < 1.29 is 14.3 Å². The van der Waals surface area contributed by atoms with Crippen LogP contribution in [0, 0.1) is 0 Å². The fourth-order valence-corrected chi connectivity index (χ4v) is 2.10. The molecule has 0 spiro atoms. The summed E-state index contributed by atoms with van der Waals surface area (Å²) < 4.78 is 5.11. The predicted molar refractivity (Wildman–Crippen MR) is 101 cm³/mol. The van der Waals surface area contributed by atoms with E-state index in [1.807, 2.05) is 36.4 Å². The second-order valence-electron chi connectivity index (χ2n) is 6.62. The Hall–Kier alpha value is -3.09. The Labute approximate surface area is 153 Å². The number of hydrogen-bond acceptors (Lipinski definition) is 5. The molecule has 1 aromatic carbocycles. The Balaban J connectivity index is 0.000000342. The summed E-state index contributed by atoms with van der Waals surface area (Å²) in [5.74, 6) is 0.365. The van der Waals surface area contributed by atoms with Gasteiger partial charge in [-0.25, -0.2) is 9.78 Å². The molecule has 0 bridgehead atoms. The number of nitrogens with one attached hydrogen (secondary N) is 3. The number of hydrogen-bond donors (Lipinski definition) is 3. The van der Waals surface area contributed by atoms with Gasteiger partial charge in [0.25, 0.3) is 0 Å². The van der Waals surface area contributed by atoms with Crippen LogP contribution < -0.4 is 16.0 Å². The van der Waals surface area contributed by atoms with Crippen LogP contribution in [0.15, 0.2) is 54.7 Å². The van der Waals surface area contributed by atoms with E-state index < -0.39 is 17.7 Å². The Morgan fingerprint density at radius 2 is 1.77 bits per heavy atom. The van der Waals surface area contributed by atoms with Gasteiger partial charge in [-0.15, -0.1) is 0 Å². The topological polar surface area (TPSA) is 92.3 Å². The van der Waals surface area contributed by atoms with Crippen molar-refractivity contribution >= 4 is 23.5 Å². The Morgan fingerprint density at radius 3 is 2.35 bits per heavy atom. The number of anilines is 2.